The second kappa shape index (κ2) is 17.1. The second-order valence-electron chi connectivity index (χ2n) is 12.9. The molecule has 1 heterocycles. The molecule has 1 saturated carbocycles. The molecule has 0 aromatic heterocycles. The summed E-state index contributed by atoms with van der Waals surface area (Å²) in [6.07, 6.45) is 4.41. The number of nitrogens with one attached hydrogen (secondary N) is 2. The maximum atomic E-state index is 13.7. The molecule has 2 aliphatic rings. The van der Waals surface area contributed by atoms with Crippen LogP contribution in [0.4, 0.5) is 14.4 Å². The van der Waals surface area contributed by atoms with Gasteiger partial charge in [0.25, 0.3) is 0 Å². The monoisotopic (exact) mass is 638 g/mol. The number of urea groups is 1. The van der Waals surface area contributed by atoms with Gasteiger partial charge in [0.15, 0.2) is 0 Å². The van der Waals surface area contributed by atoms with Crippen LogP contribution in [-0.2, 0) is 14.2 Å². The number of methoxy groups -OCH3 is 1. The van der Waals surface area contributed by atoms with E-state index in [1.54, 1.807) is 38.8 Å². The van der Waals surface area contributed by atoms with E-state index < -0.39 is 29.9 Å². The zero-order chi connectivity index (χ0) is 32.3. The van der Waals surface area contributed by atoms with Crippen LogP contribution in [0.15, 0.2) is 24.3 Å². The number of alkyl carbamates (subject to hydrolysis) is 1. The quantitative estimate of drug-likeness (QED) is 0.279. The van der Waals surface area contributed by atoms with Crippen molar-refractivity contribution in [2.24, 2.45) is 11.8 Å². The van der Waals surface area contributed by atoms with Gasteiger partial charge < -0.3 is 39.8 Å². The minimum absolute atomic E-state index is 0.0303. The maximum Gasteiger partial charge on any atom is 0.410 e. The molecular formula is C32H51ClN4O7. The van der Waals surface area contributed by atoms with E-state index in [0.29, 0.717) is 18.1 Å². The average molecular weight is 639 g/mol. The molecule has 1 saturated heterocycles. The molecule has 1 aromatic rings. The number of carbonyl (C=O) groups is 3. The topological polar surface area (TPSA) is 130 Å². The highest BCUT2D eigenvalue weighted by Gasteiger charge is 2.36. The summed E-state index contributed by atoms with van der Waals surface area (Å²) < 4.78 is 16.4. The highest BCUT2D eigenvalue weighted by atomic mass is 35.5. The van der Waals surface area contributed by atoms with E-state index in [1.165, 1.54) is 12.0 Å². The van der Waals surface area contributed by atoms with Gasteiger partial charge in [-0.1, -0.05) is 43.0 Å². The van der Waals surface area contributed by atoms with Crippen molar-refractivity contribution in [3.8, 4) is 0 Å². The third-order valence-electron chi connectivity index (χ3n) is 8.23. The van der Waals surface area contributed by atoms with Gasteiger partial charge in [0.2, 0.25) is 0 Å². The lowest BCUT2D eigenvalue weighted by atomic mass is 9.82. The molecule has 3 N–H and O–H groups in total. The fraction of sp³-hybridized carbons (Fsp3) is 0.719. The van der Waals surface area contributed by atoms with E-state index >= 15 is 0 Å². The molecule has 4 atom stereocenters. The molecule has 0 radical (unpaired) electrons. The van der Waals surface area contributed by atoms with Gasteiger partial charge in [0.05, 0.1) is 32.0 Å². The summed E-state index contributed by atoms with van der Waals surface area (Å²) in [5.41, 5.74) is 0.235. The van der Waals surface area contributed by atoms with Gasteiger partial charge in [-0.3, -0.25) is 0 Å². The first-order chi connectivity index (χ1) is 20.9. The zero-order valence-electron chi connectivity index (χ0n) is 26.9. The molecule has 11 nitrogen and oxygen atoms in total. The minimum Gasteiger partial charge on any atom is -0.453 e. The first-order valence-corrected chi connectivity index (χ1v) is 16.1. The second-order valence-corrected chi connectivity index (χ2v) is 13.4. The fourth-order valence-corrected chi connectivity index (χ4v) is 6.24. The number of aliphatic hydroxyl groups excluding tert-OH is 1. The summed E-state index contributed by atoms with van der Waals surface area (Å²) in [7, 11) is 2.93. The Morgan fingerprint density at radius 2 is 1.82 bits per heavy atom. The standard InChI is InChI=1S/C32H51ClN4O7/c1-32(2,3)44-31(41)36(4)21-26(27(38)22-11-7-6-8-12-22)35-29(39)37-17-10-14-24(20-37)28(23-13-9-15-25(33)19-23)43-18-16-34-30(40)42-5/h9,13,15,19,22,24,26-28,38H,6-8,10-12,14,16-18,20-21H2,1-5H3,(H,34,40)(H,35,39)/t24-,26-,27-,28?/m1/s1. The molecule has 1 aliphatic heterocycles. The van der Waals surface area contributed by atoms with Crippen molar-refractivity contribution in [1.29, 1.82) is 0 Å². The first-order valence-electron chi connectivity index (χ1n) is 15.7. The van der Waals surface area contributed by atoms with Gasteiger partial charge in [-0.25, -0.2) is 14.4 Å². The summed E-state index contributed by atoms with van der Waals surface area (Å²) in [5, 5.41) is 17.7. The number of rotatable bonds is 11. The van der Waals surface area contributed by atoms with E-state index in [9.17, 15) is 19.5 Å². The lowest BCUT2D eigenvalue weighted by Crippen LogP contribution is -2.57. The third-order valence-corrected chi connectivity index (χ3v) is 8.47. The van der Waals surface area contributed by atoms with E-state index in [-0.39, 0.29) is 43.7 Å². The van der Waals surface area contributed by atoms with E-state index in [4.69, 9.17) is 21.1 Å². The number of hydrogen-bond acceptors (Lipinski definition) is 7. The van der Waals surface area contributed by atoms with Crippen LogP contribution in [-0.4, -0.2) is 97.8 Å². The first kappa shape index (κ1) is 35.7. The van der Waals surface area contributed by atoms with Crippen LogP contribution in [0.1, 0.15) is 77.4 Å². The highest BCUT2D eigenvalue weighted by Crippen LogP contribution is 2.34. The van der Waals surface area contributed by atoms with Gasteiger partial charge >= 0.3 is 18.2 Å². The Kier molecular flexibility index (Phi) is 13.9. The van der Waals surface area contributed by atoms with Crippen LogP contribution in [0.5, 0.6) is 0 Å². The SMILES string of the molecule is COC(=O)NCCOC(c1cccc(Cl)c1)[C@@H]1CCCN(C(=O)N[C@H](CN(C)C(=O)OC(C)(C)C)[C@H](O)C2CCCCC2)C1. The summed E-state index contributed by atoms with van der Waals surface area (Å²) >= 11 is 6.31. The normalized spacial score (nSPS) is 19.8. The van der Waals surface area contributed by atoms with Crippen molar-refractivity contribution in [2.45, 2.75) is 89.6 Å². The molecule has 4 amide bonds. The maximum absolute atomic E-state index is 13.7. The van der Waals surface area contributed by atoms with Gasteiger partial charge in [-0.2, -0.15) is 0 Å². The molecule has 12 heteroatoms. The van der Waals surface area contributed by atoms with Crippen molar-refractivity contribution in [1.82, 2.24) is 20.4 Å². The van der Waals surface area contributed by atoms with E-state index in [1.807, 2.05) is 18.2 Å². The zero-order valence-corrected chi connectivity index (χ0v) is 27.6. The molecule has 248 valence electrons. The largest absolute Gasteiger partial charge is 0.453 e. The molecular weight excluding hydrogens is 588 g/mol. The predicted octanol–water partition coefficient (Wildman–Crippen LogP) is 5.35. The molecule has 1 aromatic carbocycles. The lowest BCUT2D eigenvalue weighted by molar-refractivity contribution is -0.0101. The van der Waals surface area contributed by atoms with Gasteiger partial charge in [-0.15, -0.1) is 0 Å². The number of likely N-dealkylation sites (N-methyl/N-ethyl adjacent to an activating group) is 1. The number of aliphatic hydroxyl groups is 1. The Labute approximate surface area is 266 Å². The lowest BCUT2D eigenvalue weighted by Gasteiger charge is -2.39. The number of nitrogens with zero attached hydrogens (tertiary/aromatic N) is 2. The van der Waals surface area contributed by atoms with Gasteiger partial charge in [0, 0.05) is 44.2 Å². The molecule has 1 aliphatic carbocycles. The number of amides is 4. The molecule has 0 bridgehead atoms. The van der Waals surface area contributed by atoms with Crippen LogP contribution in [0.3, 0.4) is 0 Å². The van der Waals surface area contributed by atoms with Crippen molar-refractivity contribution < 1.29 is 33.7 Å². The fourth-order valence-electron chi connectivity index (χ4n) is 6.04. The van der Waals surface area contributed by atoms with Crippen molar-refractivity contribution in [2.75, 3.05) is 46.9 Å². The summed E-state index contributed by atoms with van der Waals surface area (Å²) in [6.45, 7) is 7.04. The summed E-state index contributed by atoms with van der Waals surface area (Å²) in [5.74, 6) is 0.0200. The molecule has 0 spiro atoms. The van der Waals surface area contributed by atoms with Crippen LogP contribution in [0, 0.1) is 11.8 Å². The molecule has 2 fully saturated rings. The number of likely N-dealkylation sites (tertiary alicyclic amines) is 1. The smallest absolute Gasteiger partial charge is 0.410 e. The van der Waals surface area contributed by atoms with Crippen LogP contribution in [0.2, 0.25) is 5.02 Å². The van der Waals surface area contributed by atoms with Crippen molar-refractivity contribution >= 4 is 29.8 Å². The van der Waals surface area contributed by atoms with Crippen LogP contribution >= 0.6 is 11.6 Å². The number of carbonyl (C=O) groups excluding carboxylic acids is 3. The van der Waals surface area contributed by atoms with E-state index in [2.05, 4.69) is 15.4 Å². The Bertz CT molecular complexity index is 1080. The minimum atomic E-state index is -0.797. The Hall–Kier alpha value is -2.76. The Morgan fingerprint density at radius 3 is 2.48 bits per heavy atom. The van der Waals surface area contributed by atoms with Crippen molar-refractivity contribution in [3.05, 3.63) is 34.9 Å². The summed E-state index contributed by atoms with van der Waals surface area (Å²) in [6, 6.07) is 6.53. The molecule has 44 heavy (non-hydrogen) atoms. The number of hydrogen-bond donors (Lipinski definition) is 3. The van der Waals surface area contributed by atoms with E-state index in [0.717, 1.165) is 50.5 Å². The number of piperidine rings is 1. The molecule has 1 unspecified atom stereocenters. The number of ether oxygens (including phenoxy) is 3. The number of halogens is 1. The average Bonchev–Trinajstić information content (AvgIpc) is 2.99. The number of benzene rings is 1. The van der Waals surface area contributed by atoms with Crippen LogP contribution < -0.4 is 10.6 Å². The van der Waals surface area contributed by atoms with Gasteiger partial charge in [-0.05, 0) is 70.1 Å². The molecule has 3 rings (SSSR count). The third kappa shape index (κ3) is 11.3. The van der Waals surface area contributed by atoms with Crippen LogP contribution in [0.25, 0.3) is 0 Å². The highest BCUT2D eigenvalue weighted by molar-refractivity contribution is 6.30. The Morgan fingerprint density at radius 1 is 1.11 bits per heavy atom. The Balaban J connectivity index is 1.72. The summed E-state index contributed by atoms with van der Waals surface area (Å²) in [4.78, 5) is 41.2. The van der Waals surface area contributed by atoms with Gasteiger partial charge in [0.1, 0.15) is 5.60 Å². The predicted molar refractivity (Wildman–Crippen MR) is 169 cm³/mol. The van der Waals surface area contributed by atoms with Crippen molar-refractivity contribution in [3.63, 3.8) is 0 Å².